The summed E-state index contributed by atoms with van der Waals surface area (Å²) in [5, 5.41) is 12.5. The molecule has 6 nitrogen and oxygen atoms in total. The largest absolute Gasteiger partial charge is 0.488 e. The monoisotopic (exact) mass is 604 g/mol. The van der Waals surface area contributed by atoms with E-state index in [1.807, 2.05) is 97.1 Å². The molecule has 1 amide bonds. The van der Waals surface area contributed by atoms with Crippen molar-refractivity contribution in [3.05, 3.63) is 147 Å². The summed E-state index contributed by atoms with van der Waals surface area (Å²) in [6, 6.07) is 35.4. The van der Waals surface area contributed by atoms with E-state index in [0.29, 0.717) is 27.5 Å². The number of benzene rings is 5. The van der Waals surface area contributed by atoms with Crippen LogP contribution in [0.25, 0.3) is 16.8 Å². The molecule has 5 aromatic rings. The van der Waals surface area contributed by atoms with Gasteiger partial charge in [-0.05, 0) is 82.2 Å². The van der Waals surface area contributed by atoms with E-state index in [-0.39, 0.29) is 18.0 Å². The fourth-order valence-corrected chi connectivity index (χ4v) is 5.81. The Bertz CT molecular complexity index is 1870. The Kier molecular flexibility index (Phi) is 8.27. The Morgan fingerprint density at radius 1 is 0.860 bits per heavy atom. The number of amidine groups is 1. The number of thioether (sulfide) groups is 1. The number of aromatic carboxylic acids is 1. The third-order valence-corrected chi connectivity index (χ3v) is 8.18. The Morgan fingerprint density at radius 2 is 1.56 bits per heavy atom. The molecule has 1 heterocycles. The Morgan fingerprint density at radius 3 is 2.30 bits per heavy atom. The lowest BCUT2D eigenvalue weighted by Gasteiger charge is -2.16. The van der Waals surface area contributed by atoms with Crippen molar-refractivity contribution in [3.63, 3.8) is 0 Å². The highest BCUT2D eigenvalue weighted by Crippen LogP contribution is 2.38. The summed E-state index contributed by atoms with van der Waals surface area (Å²) < 4.78 is 6.29. The predicted molar refractivity (Wildman–Crippen MR) is 173 cm³/mol. The molecule has 0 unspecified atom stereocenters. The number of ether oxygens (including phenoxy) is 1. The quantitative estimate of drug-likeness (QED) is 0.179. The fourth-order valence-electron chi connectivity index (χ4n) is 4.70. The van der Waals surface area contributed by atoms with Crippen molar-refractivity contribution in [3.8, 4) is 5.75 Å². The van der Waals surface area contributed by atoms with Crippen molar-refractivity contribution < 1.29 is 19.4 Å². The minimum atomic E-state index is -1.000. The van der Waals surface area contributed by atoms with Gasteiger partial charge in [0, 0.05) is 10.6 Å². The molecule has 0 radical (unpaired) electrons. The van der Waals surface area contributed by atoms with Crippen molar-refractivity contribution in [2.45, 2.75) is 13.2 Å². The number of carboxylic acids is 1. The van der Waals surface area contributed by atoms with Crippen LogP contribution in [0.15, 0.2) is 125 Å². The second-order valence-electron chi connectivity index (χ2n) is 9.85. The lowest BCUT2D eigenvalue weighted by molar-refractivity contribution is -0.122. The van der Waals surface area contributed by atoms with E-state index in [2.05, 4.69) is 0 Å². The number of aliphatic imine (C=N–C) groups is 1. The molecule has 6 rings (SSSR count). The molecule has 1 N–H and O–H groups in total. The first kappa shape index (κ1) is 28.3. The Balaban J connectivity index is 1.38. The summed E-state index contributed by atoms with van der Waals surface area (Å²) in [4.78, 5) is 32.2. The highest BCUT2D eigenvalue weighted by Gasteiger charge is 2.34. The highest BCUT2D eigenvalue weighted by atomic mass is 35.5. The second-order valence-corrected chi connectivity index (χ2v) is 11.3. The van der Waals surface area contributed by atoms with Gasteiger partial charge in [0.1, 0.15) is 12.4 Å². The van der Waals surface area contributed by atoms with Gasteiger partial charge in [-0.15, -0.1) is 0 Å². The molecule has 0 spiro atoms. The molecule has 1 fully saturated rings. The molecule has 0 bridgehead atoms. The van der Waals surface area contributed by atoms with Crippen LogP contribution < -0.4 is 4.74 Å². The maximum Gasteiger partial charge on any atom is 0.335 e. The van der Waals surface area contributed by atoms with Gasteiger partial charge >= 0.3 is 5.97 Å². The number of nitrogens with zero attached hydrogens (tertiary/aromatic N) is 2. The number of amides is 1. The van der Waals surface area contributed by atoms with Crippen LogP contribution in [-0.4, -0.2) is 27.1 Å². The van der Waals surface area contributed by atoms with Gasteiger partial charge in [-0.1, -0.05) is 84.4 Å². The van der Waals surface area contributed by atoms with Crippen molar-refractivity contribution in [2.24, 2.45) is 4.99 Å². The van der Waals surface area contributed by atoms with E-state index >= 15 is 0 Å². The zero-order chi connectivity index (χ0) is 29.8. The summed E-state index contributed by atoms with van der Waals surface area (Å²) >= 11 is 7.35. The van der Waals surface area contributed by atoms with Crippen LogP contribution in [0.1, 0.15) is 27.0 Å². The smallest absolute Gasteiger partial charge is 0.335 e. The number of halogens is 1. The number of carboxylic acid groups (broad SMARTS) is 1. The standard InChI is InChI=1S/C35H25ClN2O4S/c36-27-17-12-24(13-18-27)22-42-31-19-16-25-6-4-5-9-29(25)30(31)20-32-33(39)38(21-23-10-14-26(15-11-23)34(40)41)35(43-32)37-28-7-2-1-3-8-28/h1-20H,21-22H2,(H,40,41)/b32-20-,37-35?. The number of fused-ring (bicyclic) bond motifs is 1. The van der Waals surface area contributed by atoms with Crippen molar-refractivity contribution in [1.29, 1.82) is 0 Å². The topological polar surface area (TPSA) is 79.2 Å². The molecule has 0 aromatic heterocycles. The zero-order valence-corrected chi connectivity index (χ0v) is 24.4. The van der Waals surface area contributed by atoms with E-state index in [4.69, 9.17) is 21.3 Å². The van der Waals surface area contributed by atoms with Crippen molar-refractivity contribution in [2.75, 3.05) is 0 Å². The first-order chi connectivity index (χ1) is 20.9. The lowest BCUT2D eigenvalue weighted by Crippen LogP contribution is -2.28. The van der Waals surface area contributed by atoms with Gasteiger partial charge in [-0.25, -0.2) is 9.79 Å². The number of carbonyl (C=O) groups excluding carboxylic acids is 1. The summed E-state index contributed by atoms with van der Waals surface area (Å²) in [7, 11) is 0. The maximum absolute atomic E-state index is 14.0. The van der Waals surface area contributed by atoms with E-state index in [1.54, 1.807) is 17.0 Å². The normalized spacial score (nSPS) is 15.0. The molecule has 1 aliphatic heterocycles. The lowest BCUT2D eigenvalue weighted by atomic mass is 10.0. The van der Waals surface area contributed by atoms with E-state index in [9.17, 15) is 14.7 Å². The molecule has 0 aliphatic carbocycles. The van der Waals surface area contributed by atoms with E-state index in [0.717, 1.165) is 33.2 Å². The van der Waals surface area contributed by atoms with Crippen LogP contribution in [-0.2, 0) is 17.9 Å². The van der Waals surface area contributed by atoms with Crippen LogP contribution in [0.4, 0.5) is 5.69 Å². The van der Waals surface area contributed by atoms with Gasteiger partial charge in [0.15, 0.2) is 5.17 Å². The molecule has 0 atom stereocenters. The predicted octanol–water partition coefficient (Wildman–Crippen LogP) is 8.57. The van der Waals surface area contributed by atoms with Crippen LogP contribution in [0, 0.1) is 0 Å². The summed E-state index contributed by atoms with van der Waals surface area (Å²) in [6.45, 7) is 0.580. The first-order valence-electron chi connectivity index (χ1n) is 13.5. The molecular formula is C35H25ClN2O4S. The van der Waals surface area contributed by atoms with Gasteiger partial charge < -0.3 is 9.84 Å². The van der Waals surface area contributed by atoms with Crippen LogP contribution in [0.3, 0.4) is 0 Å². The molecule has 1 aliphatic rings. The number of hydrogen-bond acceptors (Lipinski definition) is 5. The molecule has 1 saturated heterocycles. The van der Waals surface area contributed by atoms with E-state index < -0.39 is 5.97 Å². The molecule has 5 aromatic carbocycles. The molecule has 212 valence electrons. The fraction of sp³-hybridized carbons (Fsp3) is 0.0571. The zero-order valence-electron chi connectivity index (χ0n) is 22.8. The summed E-state index contributed by atoms with van der Waals surface area (Å²) in [6.07, 6.45) is 1.88. The highest BCUT2D eigenvalue weighted by molar-refractivity contribution is 8.18. The number of rotatable bonds is 8. The average molecular weight is 605 g/mol. The number of carbonyl (C=O) groups is 2. The third kappa shape index (κ3) is 6.48. The molecular weight excluding hydrogens is 580 g/mol. The van der Waals surface area contributed by atoms with Crippen LogP contribution in [0.5, 0.6) is 5.75 Å². The first-order valence-corrected chi connectivity index (χ1v) is 14.7. The van der Waals surface area contributed by atoms with Crippen LogP contribution in [0.2, 0.25) is 5.02 Å². The Hall–Kier alpha value is -4.85. The summed E-state index contributed by atoms with van der Waals surface area (Å²) in [5.41, 5.74) is 3.47. The number of hydrogen-bond donors (Lipinski definition) is 1. The minimum Gasteiger partial charge on any atom is -0.488 e. The van der Waals surface area contributed by atoms with Gasteiger partial charge in [0.25, 0.3) is 5.91 Å². The van der Waals surface area contributed by atoms with Gasteiger partial charge in [0.05, 0.1) is 22.7 Å². The third-order valence-electron chi connectivity index (χ3n) is 6.92. The maximum atomic E-state index is 14.0. The summed E-state index contributed by atoms with van der Waals surface area (Å²) in [5.74, 6) is -0.544. The molecule has 0 saturated carbocycles. The van der Waals surface area contributed by atoms with Crippen molar-refractivity contribution in [1.82, 2.24) is 4.90 Å². The second kappa shape index (κ2) is 12.6. The molecule has 8 heteroatoms. The average Bonchev–Trinajstić information content (AvgIpc) is 3.31. The van der Waals surface area contributed by atoms with Gasteiger partial charge in [0.2, 0.25) is 0 Å². The Labute approximate surface area is 257 Å². The van der Waals surface area contributed by atoms with Gasteiger partial charge in [-0.2, -0.15) is 0 Å². The minimum absolute atomic E-state index is 0.187. The van der Waals surface area contributed by atoms with Crippen LogP contribution >= 0.6 is 23.4 Å². The van der Waals surface area contributed by atoms with Gasteiger partial charge in [-0.3, -0.25) is 9.69 Å². The number of para-hydroxylation sites is 1. The van der Waals surface area contributed by atoms with Crippen molar-refractivity contribution >= 4 is 62.9 Å². The SMILES string of the molecule is O=C(O)c1ccc(CN2C(=O)/C(=C/c3c(OCc4ccc(Cl)cc4)ccc4ccccc34)SC2=Nc2ccccc2)cc1. The van der Waals surface area contributed by atoms with E-state index in [1.165, 1.54) is 23.9 Å². The molecule has 43 heavy (non-hydrogen) atoms.